The molecule has 2 atom stereocenters. The van der Waals surface area contributed by atoms with Crippen molar-refractivity contribution in [2.75, 3.05) is 0 Å². The van der Waals surface area contributed by atoms with Gasteiger partial charge in [-0.05, 0) is 43.0 Å². The lowest BCUT2D eigenvalue weighted by atomic mass is 9.94. The molecule has 3 nitrogen and oxygen atoms in total. The average Bonchev–Trinajstić information content (AvgIpc) is 2.53. The average molecular weight is 347 g/mol. The molecule has 4 heteroatoms. The highest BCUT2D eigenvalue weighted by molar-refractivity contribution is 5.85. The summed E-state index contributed by atoms with van der Waals surface area (Å²) in [7, 11) is 0. The van der Waals surface area contributed by atoms with Gasteiger partial charge in [0, 0.05) is 12.6 Å². The van der Waals surface area contributed by atoms with Crippen molar-refractivity contribution in [1.82, 2.24) is 5.32 Å². The Labute approximate surface area is 151 Å². The zero-order chi connectivity index (χ0) is 17.0. The van der Waals surface area contributed by atoms with E-state index in [4.69, 9.17) is 5.73 Å². The largest absolute Gasteiger partial charge is 0.352 e. The van der Waals surface area contributed by atoms with Gasteiger partial charge in [0.05, 0.1) is 5.92 Å². The lowest BCUT2D eigenvalue weighted by molar-refractivity contribution is -0.125. The van der Waals surface area contributed by atoms with E-state index in [1.54, 1.807) is 0 Å². The van der Waals surface area contributed by atoms with E-state index < -0.39 is 0 Å². The van der Waals surface area contributed by atoms with E-state index in [1.165, 1.54) is 22.3 Å². The molecule has 130 valence electrons. The van der Waals surface area contributed by atoms with E-state index in [1.807, 2.05) is 37.3 Å². The predicted molar refractivity (Wildman–Crippen MR) is 102 cm³/mol. The predicted octanol–water partition coefficient (Wildman–Crippen LogP) is 3.99. The van der Waals surface area contributed by atoms with Crippen molar-refractivity contribution in [3.05, 3.63) is 70.3 Å². The van der Waals surface area contributed by atoms with E-state index in [0.717, 1.165) is 5.56 Å². The molecule has 2 aromatic rings. The highest BCUT2D eigenvalue weighted by atomic mass is 35.5. The van der Waals surface area contributed by atoms with Gasteiger partial charge in [-0.3, -0.25) is 4.79 Å². The van der Waals surface area contributed by atoms with E-state index in [-0.39, 0.29) is 30.3 Å². The van der Waals surface area contributed by atoms with Gasteiger partial charge >= 0.3 is 0 Å². The lowest BCUT2D eigenvalue weighted by Gasteiger charge is -2.20. The third kappa shape index (κ3) is 4.83. The summed E-state index contributed by atoms with van der Waals surface area (Å²) in [6.45, 7) is 8.68. The smallest absolute Gasteiger partial charge is 0.225 e. The summed E-state index contributed by atoms with van der Waals surface area (Å²) in [5, 5.41) is 3.03. The molecule has 0 aliphatic carbocycles. The summed E-state index contributed by atoms with van der Waals surface area (Å²) in [4.78, 5) is 12.4. The Morgan fingerprint density at radius 2 is 1.62 bits per heavy atom. The number of hydrogen-bond donors (Lipinski definition) is 2. The number of carbonyl (C=O) groups is 1. The molecule has 3 N–H and O–H groups in total. The number of hydrogen-bond acceptors (Lipinski definition) is 2. The van der Waals surface area contributed by atoms with Gasteiger partial charge in [-0.1, -0.05) is 55.0 Å². The third-order valence-corrected chi connectivity index (χ3v) is 4.42. The molecule has 0 heterocycles. The molecule has 0 aromatic heterocycles. The fourth-order valence-corrected chi connectivity index (χ4v) is 2.95. The van der Waals surface area contributed by atoms with Gasteiger partial charge in [0.25, 0.3) is 0 Å². The number of amides is 1. The van der Waals surface area contributed by atoms with Crippen molar-refractivity contribution in [2.24, 2.45) is 11.7 Å². The number of nitrogens with one attached hydrogen (secondary N) is 1. The third-order valence-electron chi connectivity index (χ3n) is 4.42. The Morgan fingerprint density at radius 3 is 2.17 bits per heavy atom. The first kappa shape index (κ1) is 20.2. The van der Waals surface area contributed by atoms with Crippen LogP contribution in [0.5, 0.6) is 0 Å². The second kappa shape index (κ2) is 8.86. The second-order valence-corrected chi connectivity index (χ2v) is 6.32. The van der Waals surface area contributed by atoms with Gasteiger partial charge < -0.3 is 11.1 Å². The summed E-state index contributed by atoms with van der Waals surface area (Å²) in [5.74, 6) is -0.288. The Kier molecular flexibility index (Phi) is 7.46. The Balaban J connectivity index is 0.00000288. The number of aryl methyl sites for hydroxylation is 3. The van der Waals surface area contributed by atoms with Crippen molar-refractivity contribution < 1.29 is 4.79 Å². The van der Waals surface area contributed by atoms with Crippen LogP contribution in [0.3, 0.4) is 0 Å². The Bertz CT molecular complexity index is 662. The number of halogens is 1. The van der Waals surface area contributed by atoms with Crippen molar-refractivity contribution in [3.63, 3.8) is 0 Å². The first-order valence-corrected chi connectivity index (χ1v) is 8.05. The lowest BCUT2D eigenvalue weighted by Crippen LogP contribution is -2.35. The van der Waals surface area contributed by atoms with Crippen molar-refractivity contribution >= 4 is 18.3 Å². The number of benzene rings is 2. The van der Waals surface area contributed by atoms with Crippen molar-refractivity contribution in [3.8, 4) is 0 Å². The van der Waals surface area contributed by atoms with Crippen LogP contribution < -0.4 is 11.1 Å². The van der Waals surface area contributed by atoms with Crippen molar-refractivity contribution in [1.29, 1.82) is 0 Å². The van der Waals surface area contributed by atoms with Crippen LogP contribution in [0.1, 0.15) is 40.8 Å². The highest BCUT2D eigenvalue weighted by Gasteiger charge is 2.22. The molecule has 0 fully saturated rings. The van der Waals surface area contributed by atoms with Gasteiger partial charge in [0.15, 0.2) is 0 Å². The molecule has 2 rings (SSSR count). The van der Waals surface area contributed by atoms with Crippen LogP contribution in [-0.2, 0) is 11.3 Å². The van der Waals surface area contributed by atoms with Crippen LogP contribution in [-0.4, -0.2) is 5.91 Å². The monoisotopic (exact) mass is 346 g/mol. The minimum Gasteiger partial charge on any atom is -0.352 e. The quantitative estimate of drug-likeness (QED) is 0.860. The van der Waals surface area contributed by atoms with Gasteiger partial charge in [-0.2, -0.15) is 0 Å². The fourth-order valence-electron chi connectivity index (χ4n) is 2.95. The summed E-state index contributed by atoms with van der Waals surface area (Å²) in [5.41, 5.74) is 12.1. The van der Waals surface area contributed by atoms with E-state index >= 15 is 0 Å². The molecule has 24 heavy (non-hydrogen) atoms. The molecular weight excluding hydrogens is 320 g/mol. The van der Waals surface area contributed by atoms with E-state index in [2.05, 4.69) is 38.2 Å². The molecule has 0 radical (unpaired) electrons. The zero-order valence-electron chi connectivity index (χ0n) is 14.8. The summed E-state index contributed by atoms with van der Waals surface area (Å²) < 4.78 is 0. The maximum absolute atomic E-state index is 12.4. The number of nitrogens with two attached hydrogens (primary N) is 1. The minimum absolute atomic E-state index is 0. The van der Waals surface area contributed by atoms with Crippen LogP contribution in [0.2, 0.25) is 0 Å². The summed E-state index contributed by atoms with van der Waals surface area (Å²) in [6, 6.07) is 13.8. The van der Waals surface area contributed by atoms with Gasteiger partial charge in [0.2, 0.25) is 5.91 Å². The first-order chi connectivity index (χ1) is 10.9. The zero-order valence-corrected chi connectivity index (χ0v) is 15.6. The standard InChI is InChI=1S/C20H26N2O.ClH/c1-13-10-14(2)18(15(3)11-13)12-22-20(23)16(4)19(21)17-8-6-5-7-9-17;/h5-11,16,19H,12,21H2,1-4H3,(H,22,23);1H. The molecule has 0 saturated carbocycles. The molecule has 1 amide bonds. The van der Waals surface area contributed by atoms with Crippen molar-refractivity contribution in [2.45, 2.75) is 40.3 Å². The fraction of sp³-hybridized carbons (Fsp3) is 0.350. The molecule has 2 unspecified atom stereocenters. The van der Waals surface area contributed by atoms with E-state index in [0.29, 0.717) is 6.54 Å². The van der Waals surface area contributed by atoms with Gasteiger partial charge in [-0.15, -0.1) is 12.4 Å². The van der Waals surface area contributed by atoms with Crippen LogP contribution in [0.15, 0.2) is 42.5 Å². The molecule has 0 saturated heterocycles. The van der Waals surface area contributed by atoms with Crippen LogP contribution >= 0.6 is 12.4 Å². The Morgan fingerprint density at radius 1 is 1.08 bits per heavy atom. The molecule has 0 aliphatic heterocycles. The first-order valence-electron chi connectivity index (χ1n) is 8.05. The highest BCUT2D eigenvalue weighted by Crippen LogP contribution is 2.20. The summed E-state index contributed by atoms with van der Waals surface area (Å²) in [6.07, 6.45) is 0. The number of carbonyl (C=O) groups excluding carboxylic acids is 1. The molecule has 2 aromatic carbocycles. The topological polar surface area (TPSA) is 55.1 Å². The van der Waals surface area contributed by atoms with E-state index in [9.17, 15) is 4.79 Å². The van der Waals surface area contributed by atoms with Gasteiger partial charge in [-0.25, -0.2) is 0 Å². The van der Waals surface area contributed by atoms with Crippen LogP contribution in [0.4, 0.5) is 0 Å². The van der Waals surface area contributed by atoms with Crippen LogP contribution in [0, 0.1) is 26.7 Å². The molecule has 0 bridgehead atoms. The second-order valence-electron chi connectivity index (χ2n) is 6.32. The maximum atomic E-state index is 12.4. The SMILES string of the molecule is Cc1cc(C)c(CNC(=O)C(C)C(N)c2ccccc2)c(C)c1.Cl. The molecule has 0 spiro atoms. The minimum atomic E-state index is -0.295. The van der Waals surface area contributed by atoms with Crippen LogP contribution in [0.25, 0.3) is 0 Å². The molecule has 0 aliphatic rings. The maximum Gasteiger partial charge on any atom is 0.225 e. The molecular formula is C20H27ClN2O. The Hall–Kier alpha value is -1.84. The summed E-state index contributed by atoms with van der Waals surface area (Å²) >= 11 is 0. The normalized spacial score (nSPS) is 12.9. The number of rotatable bonds is 5. The van der Waals surface area contributed by atoms with Gasteiger partial charge in [0.1, 0.15) is 0 Å².